The van der Waals surface area contributed by atoms with Gasteiger partial charge in [-0.25, -0.2) is 0 Å². The van der Waals surface area contributed by atoms with Crippen LogP contribution in [0, 0.1) is 5.92 Å². The highest BCUT2D eigenvalue weighted by Crippen LogP contribution is 2.27. The number of nitrogens with zero attached hydrogens (tertiary/aromatic N) is 1. The van der Waals surface area contributed by atoms with E-state index in [4.69, 9.17) is 11.6 Å². The largest absolute Gasteiger partial charge is 0.381 e. The first-order valence-electron chi connectivity index (χ1n) is 7.48. The van der Waals surface area contributed by atoms with Gasteiger partial charge >= 0.3 is 0 Å². The van der Waals surface area contributed by atoms with Gasteiger partial charge in [-0.2, -0.15) is 0 Å². The van der Waals surface area contributed by atoms with E-state index in [1.54, 1.807) is 19.2 Å². The molecule has 1 fully saturated rings. The molecule has 0 aliphatic carbocycles. The van der Waals surface area contributed by atoms with Crippen LogP contribution in [0.4, 0.5) is 5.69 Å². The zero-order valence-electron chi connectivity index (χ0n) is 12.9. The lowest BCUT2D eigenvalue weighted by atomic mass is 9.90. The number of piperidine rings is 1. The summed E-state index contributed by atoms with van der Waals surface area (Å²) in [6.07, 6.45) is 2.38. The summed E-state index contributed by atoms with van der Waals surface area (Å²) in [6, 6.07) is 5.69. The third kappa shape index (κ3) is 4.11. The summed E-state index contributed by atoms with van der Waals surface area (Å²) in [5, 5.41) is 6.77. The number of benzene rings is 1. The number of nitrogens with one attached hydrogen (secondary N) is 2. The van der Waals surface area contributed by atoms with Gasteiger partial charge in [0.05, 0.1) is 10.7 Å². The Balaban J connectivity index is 2.06. The van der Waals surface area contributed by atoms with Gasteiger partial charge < -0.3 is 15.5 Å². The van der Waals surface area contributed by atoms with Crippen LogP contribution in [0.5, 0.6) is 0 Å². The monoisotopic (exact) mass is 309 g/mol. The van der Waals surface area contributed by atoms with Gasteiger partial charge in [0, 0.05) is 18.7 Å². The van der Waals surface area contributed by atoms with Crippen LogP contribution >= 0.6 is 11.6 Å². The van der Waals surface area contributed by atoms with Gasteiger partial charge in [-0.3, -0.25) is 4.79 Å². The van der Waals surface area contributed by atoms with E-state index in [1.165, 1.54) is 12.8 Å². The van der Waals surface area contributed by atoms with Crippen molar-refractivity contribution in [2.75, 3.05) is 32.5 Å². The molecule has 1 aromatic carbocycles. The Morgan fingerprint density at radius 3 is 2.67 bits per heavy atom. The summed E-state index contributed by atoms with van der Waals surface area (Å²) in [5.41, 5.74) is 1.46. The molecule has 1 heterocycles. The Labute approximate surface area is 131 Å². The van der Waals surface area contributed by atoms with E-state index in [9.17, 15) is 4.79 Å². The Morgan fingerprint density at radius 1 is 1.38 bits per heavy atom. The number of halogens is 1. The van der Waals surface area contributed by atoms with Crippen LogP contribution in [0.2, 0.25) is 5.02 Å². The molecule has 0 bridgehead atoms. The van der Waals surface area contributed by atoms with Gasteiger partial charge in [-0.1, -0.05) is 11.6 Å². The molecular formula is C16H24ClN3O. The molecule has 21 heavy (non-hydrogen) atoms. The van der Waals surface area contributed by atoms with Crippen molar-refractivity contribution in [2.45, 2.75) is 25.8 Å². The van der Waals surface area contributed by atoms with Crippen molar-refractivity contribution in [3.63, 3.8) is 0 Å². The fraction of sp³-hybridized carbons (Fsp3) is 0.562. The first-order chi connectivity index (χ1) is 10.0. The van der Waals surface area contributed by atoms with Gasteiger partial charge in [0.2, 0.25) is 0 Å². The summed E-state index contributed by atoms with van der Waals surface area (Å²) in [4.78, 5) is 14.1. The molecule has 0 radical (unpaired) electrons. The molecule has 1 aromatic rings. The Bertz CT molecular complexity index is 498. The molecule has 2 rings (SSSR count). The minimum Gasteiger partial charge on any atom is -0.381 e. The molecule has 116 valence electrons. The highest BCUT2D eigenvalue weighted by atomic mass is 35.5. The minimum atomic E-state index is -0.0957. The first-order valence-corrected chi connectivity index (χ1v) is 7.85. The van der Waals surface area contributed by atoms with Crippen molar-refractivity contribution in [1.82, 2.24) is 10.2 Å². The quantitative estimate of drug-likeness (QED) is 0.899. The summed E-state index contributed by atoms with van der Waals surface area (Å²) in [7, 11) is 3.79. The number of rotatable bonds is 4. The lowest BCUT2D eigenvalue weighted by Crippen LogP contribution is -2.37. The molecule has 0 aromatic heterocycles. The van der Waals surface area contributed by atoms with Crippen molar-refractivity contribution < 1.29 is 4.79 Å². The van der Waals surface area contributed by atoms with E-state index in [-0.39, 0.29) is 5.91 Å². The lowest BCUT2D eigenvalue weighted by Gasteiger charge is -2.33. The van der Waals surface area contributed by atoms with Crippen LogP contribution in [0.1, 0.15) is 30.1 Å². The van der Waals surface area contributed by atoms with Crippen LogP contribution in [0.15, 0.2) is 18.2 Å². The number of carbonyl (C=O) groups is 1. The average Bonchev–Trinajstić information content (AvgIpc) is 2.49. The van der Waals surface area contributed by atoms with E-state index < -0.39 is 0 Å². The maximum absolute atomic E-state index is 11.7. The molecule has 1 atom stereocenters. The molecule has 1 saturated heterocycles. The Kier molecular flexibility index (Phi) is 5.48. The van der Waals surface area contributed by atoms with E-state index in [1.807, 2.05) is 6.07 Å². The Morgan fingerprint density at radius 2 is 2.05 bits per heavy atom. The highest BCUT2D eigenvalue weighted by molar-refractivity contribution is 6.33. The third-order valence-electron chi connectivity index (χ3n) is 4.31. The van der Waals surface area contributed by atoms with Crippen molar-refractivity contribution in [2.24, 2.45) is 5.92 Å². The molecule has 0 saturated carbocycles. The fourth-order valence-electron chi connectivity index (χ4n) is 2.81. The molecule has 1 aliphatic rings. The average molecular weight is 310 g/mol. The number of hydrogen-bond donors (Lipinski definition) is 2. The van der Waals surface area contributed by atoms with Crippen molar-refractivity contribution >= 4 is 23.2 Å². The number of hydrogen-bond acceptors (Lipinski definition) is 3. The number of carbonyl (C=O) groups excluding carboxylic acids is 1. The first kappa shape index (κ1) is 16.1. The standard InChI is InChI=1S/C16H24ClN3O/c1-11(12-6-8-20(3)9-7-12)19-15-10-13(16(21)18-2)4-5-14(15)17/h4-5,10-12,19H,6-9H2,1-3H3,(H,18,21). The number of anilines is 1. The molecular weight excluding hydrogens is 286 g/mol. The molecule has 1 unspecified atom stereocenters. The summed E-state index contributed by atoms with van der Waals surface area (Å²) in [6.45, 7) is 4.48. The smallest absolute Gasteiger partial charge is 0.251 e. The molecule has 1 amide bonds. The van der Waals surface area contributed by atoms with Crippen LogP contribution in [-0.2, 0) is 0 Å². The van der Waals surface area contributed by atoms with E-state index in [0.29, 0.717) is 22.5 Å². The number of amides is 1. The molecule has 5 heteroatoms. The summed E-state index contributed by atoms with van der Waals surface area (Å²) >= 11 is 6.25. The van der Waals surface area contributed by atoms with Crippen molar-refractivity contribution in [1.29, 1.82) is 0 Å². The molecule has 1 aliphatic heterocycles. The predicted octanol–water partition coefficient (Wildman–Crippen LogP) is 2.84. The second-order valence-electron chi connectivity index (χ2n) is 5.85. The lowest BCUT2D eigenvalue weighted by molar-refractivity contribution is 0.0963. The van der Waals surface area contributed by atoms with E-state index in [2.05, 4.69) is 29.5 Å². The van der Waals surface area contributed by atoms with Gasteiger partial charge in [0.25, 0.3) is 5.91 Å². The minimum absolute atomic E-state index is 0.0957. The third-order valence-corrected chi connectivity index (χ3v) is 4.64. The zero-order chi connectivity index (χ0) is 15.4. The van der Waals surface area contributed by atoms with Crippen LogP contribution in [0.3, 0.4) is 0 Å². The van der Waals surface area contributed by atoms with Crippen molar-refractivity contribution in [3.05, 3.63) is 28.8 Å². The van der Waals surface area contributed by atoms with Crippen LogP contribution in [0.25, 0.3) is 0 Å². The van der Waals surface area contributed by atoms with E-state index in [0.717, 1.165) is 18.8 Å². The fourth-order valence-corrected chi connectivity index (χ4v) is 2.99. The normalized spacial score (nSPS) is 18.3. The molecule has 4 nitrogen and oxygen atoms in total. The SMILES string of the molecule is CNC(=O)c1ccc(Cl)c(NC(C)C2CCN(C)CC2)c1. The van der Waals surface area contributed by atoms with Gasteiger partial charge in [0.1, 0.15) is 0 Å². The maximum atomic E-state index is 11.7. The Hall–Kier alpha value is -1.26. The van der Waals surface area contributed by atoms with Crippen molar-refractivity contribution in [3.8, 4) is 0 Å². The summed E-state index contributed by atoms with van der Waals surface area (Å²) < 4.78 is 0. The highest BCUT2D eigenvalue weighted by Gasteiger charge is 2.22. The van der Waals surface area contributed by atoms with Gasteiger partial charge in [-0.05, 0) is 64.0 Å². The number of likely N-dealkylation sites (tertiary alicyclic amines) is 1. The van der Waals surface area contributed by atoms with Gasteiger partial charge in [-0.15, -0.1) is 0 Å². The second-order valence-corrected chi connectivity index (χ2v) is 6.25. The van der Waals surface area contributed by atoms with E-state index >= 15 is 0 Å². The van der Waals surface area contributed by atoms with Crippen LogP contribution in [-0.4, -0.2) is 44.0 Å². The maximum Gasteiger partial charge on any atom is 0.251 e. The predicted molar refractivity (Wildman–Crippen MR) is 88.1 cm³/mol. The zero-order valence-corrected chi connectivity index (χ0v) is 13.7. The van der Waals surface area contributed by atoms with Gasteiger partial charge in [0.15, 0.2) is 0 Å². The molecule has 0 spiro atoms. The second kappa shape index (κ2) is 7.14. The summed E-state index contributed by atoms with van der Waals surface area (Å²) in [5.74, 6) is 0.544. The molecule has 2 N–H and O–H groups in total. The van der Waals surface area contributed by atoms with Crippen LogP contribution < -0.4 is 10.6 Å². The topological polar surface area (TPSA) is 44.4 Å².